The molecule has 0 unspecified atom stereocenters. The second kappa shape index (κ2) is 9.54. The van der Waals surface area contributed by atoms with Crippen molar-refractivity contribution in [3.8, 4) is 0 Å². The minimum absolute atomic E-state index is 0. The Kier molecular flexibility index (Phi) is 7.99. The van der Waals surface area contributed by atoms with Crippen LogP contribution in [0.3, 0.4) is 0 Å². The Morgan fingerprint density at radius 2 is 1.60 bits per heavy atom. The molecule has 6 heteroatoms. The number of fused-ring (bicyclic) bond motifs is 1. The van der Waals surface area contributed by atoms with Crippen molar-refractivity contribution in [2.75, 3.05) is 66.1 Å². The van der Waals surface area contributed by atoms with Gasteiger partial charge in [0.25, 0.3) is 0 Å². The van der Waals surface area contributed by atoms with Crippen molar-refractivity contribution in [1.29, 1.82) is 0 Å². The summed E-state index contributed by atoms with van der Waals surface area (Å²) in [4.78, 5) is 7.83. The Morgan fingerprint density at radius 1 is 0.920 bits per heavy atom. The summed E-state index contributed by atoms with van der Waals surface area (Å²) in [5, 5.41) is 0. The molecular weight excluding hydrogens is 357 g/mol. The van der Waals surface area contributed by atoms with Crippen molar-refractivity contribution < 1.29 is 4.74 Å². The number of halogens is 2. The highest BCUT2D eigenvalue weighted by molar-refractivity contribution is 5.85. The number of morpholine rings is 1. The Balaban J connectivity index is 0.00000113. The smallest absolute Gasteiger partial charge is 0.0594 e. The molecule has 4 rings (SSSR count). The molecule has 3 aliphatic rings. The first-order chi connectivity index (χ1) is 11.3. The first kappa shape index (κ1) is 20.9. The van der Waals surface area contributed by atoms with Crippen LogP contribution in [-0.2, 0) is 4.74 Å². The SMILES string of the molecule is CN1C[C@H]2CN(CCN3CCOCC3)C[C@H]2[C@@H]1c1ccccc1.Cl.Cl. The van der Waals surface area contributed by atoms with Crippen LogP contribution in [0.5, 0.6) is 0 Å². The Labute approximate surface area is 164 Å². The van der Waals surface area contributed by atoms with E-state index in [9.17, 15) is 0 Å². The van der Waals surface area contributed by atoms with Gasteiger partial charge in [0.1, 0.15) is 0 Å². The largest absolute Gasteiger partial charge is 0.379 e. The second-order valence-electron chi connectivity index (χ2n) is 7.43. The topological polar surface area (TPSA) is 19.0 Å². The average Bonchev–Trinajstić information content (AvgIpc) is 3.10. The molecule has 0 aromatic heterocycles. The van der Waals surface area contributed by atoms with Crippen LogP contribution < -0.4 is 0 Å². The fourth-order valence-electron chi connectivity index (χ4n) is 4.79. The minimum atomic E-state index is 0. The fourth-order valence-corrected chi connectivity index (χ4v) is 4.79. The summed E-state index contributed by atoms with van der Waals surface area (Å²) in [7, 11) is 2.30. The molecule has 3 fully saturated rings. The number of likely N-dealkylation sites (tertiary alicyclic amines) is 2. The number of hydrogen-bond acceptors (Lipinski definition) is 4. The molecule has 0 amide bonds. The van der Waals surface area contributed by atoms with Crippen LogP contribution in [0.4, 0.5) is 0 Å². The number of ether oxygens (including phenoxy) is 1. The van der Waals surface area contributed by atoms with Crippen LogP contribution in [0.25, 0.3) is 0 Å². The highest BCUT2D eigenvalue weighted by Crippen LogP contribution is 2.43. The molecule has 3 aliphatic heterocycles. The summed E-state index contributed by atoms with van der Waals surface area (Å²) >= 11 is 0. The Bertz CT molecular complexity index is 513. The lowest BCUT2D eigenvalue weighted by Gasteiger charge is -2.30. The number of nitrogens with zero attached hydrogens (tertiary/aromatic N) is 3. The maximum atomic E-state index is 5.45. The molecule has 0 saturated carbocycles. The first-order valence-electron chi connectivity index (χ1n) is 9.09. The normalized spacial score (nSPS) is 30.5. The van der Waals surface area contributed by atoms with E-state index in [-0.39, 0.29) is 24.8 Å². The highest BCUT2D eigenvalue weighted by Gasteiger charge is 2.45. The van der Waals surface area contributed by atoms with E-state index in [1.54, 1.807) is 0 Å². The lowest BCUT2D eigenvalue weighted by molar-refractivity contribution is 0.0338. The Hall–Kier alpha value is -0.360. The molecule has 1 aromatic carbocycles. The maximum absolute atomic E-state index is 5.45. The van der Waals surface area contributed by atoms with Gasteiger partial charge in [-0.1, -0.05) is 30.3 Å². The van der Waals surface area contributed by atoms with Gasteiger partial charge in [0.2, 0.25) is 0 Å². The number of benzene rings is 1. The van der Waals surface area contributed by atoms with E-state index in [4.69, 9.17) is 4.74 Å². The van der Waals surface area contributed by atoms with E-state index >= 15 is 0 Å². The van der Waals surface area contributed by atoms with Gasteiger partial charge in [-0.3, -0.25) is 9.80 Å². The third-order valence-corrected chi connectivity index (χ3v) is 5.95. The number of hydrogen-bond donors (Lipinski definition) is 0. The predicted octanol–water partition coefficient (Wildman–Crippen LogP) is 2.40. The molecule has 0 N–H and O–H groups in total. The van der Waals surface area contributed by atoms with Crippen molar-refractivity contribution >= 4 is 24.8 Å². The lowest BCUT2D eigenvalue weighted by atomic mass is 9.90. The van der Waals surface area contributed by atoms with Crippen LogP contribution >= 0.6 is 24.8 Å². The molecule has 0 aliphatic carbocycles. The van der Waals surface area contributed by atoms with Crippen molar-refractivity contribution in [3.63, 3.8) is 0 Å². The summed E-state index contributed by atoms with van der Waals surface area (Å²) in [6.45, 7) is 10.2. The van der Waals surface area contributed by atoms with E-state index in [1.165, 1.54) is 38.3 Å². The van der Waals surface area contributed by atoms with Crippen LogP contribution in [0.2, 0.25) is 0 Å². The summed E-state index contributed by atoms with van der Waals surface area (Å²) in [6, 6.07) is 11.7. The van der Waals surface area contributed by atoms with Crippen LogP contribution in [0.1, 0.15) is 11.6 Å². The summed E-state index contributed by atoms with van der Waals surface area (Å²) in [5.74, 6) is 1.64. The molecule has 1 aromatic rings. The van der Waals surface area contributed by atoms with Crippen molar-refractivity contribution in [2.45, 2.75) is 6.04 Å². The van der Waals surface area contributed by atoms with Crippen molar-refractivity contribution in [2.24, 2.45) is 11.8 Å². The van der Waals surface area contributed by atoms with Gasteiger partial charge in [-0.05, 0) is 24.4 Å². The molecule has 3 heterocycles. The van der Waals surface area contributed by atoms with Gasteiger partial charge < -0.3 is 9.64 Å². The van der Waals surface area contributed by atoms with Gasteiger partial charge >= 0.3 is 0 Å². The van der Waals surface area contributed by atoms with Gasteiger partial charge in [-0.2, -0.15) is 0 Å². The maximum Gasteiger partial charge on any atom is 0.0594 e. The quantitative estimate of drug-likeness (QED) is 0.789. The molecule has 142 valence electrons. The zero-order valence-electron chi connectivity index (χ0n) is 15.0. The fraction of sp³-hybridized carbons (Fsp3) is 0.684. The second-order valence-corrected chi connectivity index (χ2v) is 7.43. The molecule has 3 saturated heterocycles. The van der Waals surface area contributed by atoms with Gasteiger partial charge in [-0.25, -0.2) is 0 Å². The zero-order valence-corrected chi connectivity index (χ0v) is 16.7. The van der Waals surface area contributed by atoms with Crippen molar-refractivity contribution in [1.82, 2.24) is 14.7 Å². The first-order valence-corrected chi connectivity index (χ1v) is 9.09. The summed E-state index contributed by atoms with van der Waals surface area (Å²) < 4.78 is 5.45. The van der Waals surface area contributed by atoms with E-state index in [0.29, 0.717) is 6.04 Å². The summed E-state index contributed by atoms with van der Waals surface area (Å²) in [5.41, 5.74) is 1.50. The molecule has 3 atom stereocenters. The molecular formula is C19H31Cl2N3O. The van der Waals surface area contributed by atoms with Gasteiger partial charge in [-0.15, -0.1) is 24.8 Å². The van der Waals surface area contributed by atoms with Crippen LogP contribution in [0.15, 0.2) is 30.3 Å². The standard InChI is InChI=1S/C19H29N3O.2ClH/c1-20-13-17-14-22(8-7-21-9-11-23-12-10-21)15-18(17)19(20)16-5-3-2-4-6-16;;/h2-6,17-19H,7-15H2,1H3;2*1H/t17-,18+,19-;;/m0../s1. The minimum Gasteiger partial charge on any atom is -0.379 e. The van der Waals surface area contributed by atoms with E-state index < -0.39 is 0 Å². The van der Waals surface area contributed by atoms with E-state index in [2.05, 4.69) is 52.1 Å². The van der Waals surface area contributed by atoms with Gasteiger partial charge in [0.15, 0.2) is 0 Å². The van der Waals surface area contributed by atoms with Gasteiger partial charge in [0.05, 0.1) is 13.2 Å². The predicted molar refractivity (Wildman–Crippen MR) is 107 cm³/mol. The highest BCUT2D eigenvalue weighted by atomic mass is 35.5. The number of rotatable bonds is 4. The zero-order chi connectivity index (χ0) is 15.6. The van der Waals surface area contributed by atoms with Crippen molar-refractivity contribution in [3.05, 3.63) is 35.9 Å². The Morgan fingerprint density at radius 3 is 2.32 bits per heavy atom. The van der Waals surface area contributed by atoms with Gasteiger partial charge in [0, 0.05) is 51.9 Å². The lowest BCUT2D eigenvalue weighted by Crippen LogP contribution is -2.41. The molecule has 0 bridgehead atoms. The van der Waals surface area contributed by atoms with Crippen LogP contribution in [-0.4, -0.2) is 80.8 Å². The summed E-state index contributed by atoms with van der Waals surface area (Å²) in [6.07, 6.45) is 0. The average molecular weight is 388 g/mol. The van der Waals surface area contributed by atoms with E-state index in [1.807, 2.05) is 0 Å². The molecule has 0 spiro atoms. The third-order valence-electron chi connectivity index (χ3n) is 5.95. The molecule has 0 radical (unpaired) electrons. The monoisotopic (exact) mass is 387 g/mol. The molecule has 4 nitrogen and oxygen atoms in total. The molecule has 25 heavy (non-hydrogen) atoms. The van der Waals surface area contributed by atoms with E-state index in [0.717, 1.165) is 38.1 Å². The van der Waals surface area contributed by atoms with Crippen LogP contribution in [0, 0.1) is 11.8 Å². The third kappa shape index (κ3) is 4.68.